The fraction of sp³-hybridized carbons (Fsp3) is 0.217. The van der Waals surface area contributed by atoms with Crippen LogP contribution in [0.25, 0.3) is 0 Å². The van der Waals surface area contributed by atoms with Crippen molar-refractivity contribution in [2.24, 2.45) is 0 Å². The van der Waals surface area contributed by atoms with E-state index in [0.717, 1.165) is 5.56 Å². The number of carbonyl (C=O) groups is 2. The van der Waals surface area contributed by atoms with Crippen LogP contribution in [0.5, 0.6) is 0 Å². The number of non-ortho nitro benzene ring substituents is 1. The highest BCUT2D eigenvalue weighted by molar-refractivity contribution is 7.99. The molecule has 0 saturated heterocycles. The van der Waals surface area contributed by atoms with Crippen molar-refractivity contribution < 1.29 is 14.5 Å². The number of nitrogens with one attached hydrogen (secondary N) is 2. The lowest BCUT2D eigenvalue weighted by Crippen LogP contribution is -2.24. The molecule has 11 heteroatoms. The number of allylic oxidation sites excluding steroid dienone is 1. The summed E-state index contributed by atoms with van der Waals surface area (Å²) in [5.41, 5.74) is 2.60. The van der Waals surface area contributed by atoms with Gasteiger partial charge in [0.15, 0.2) is 11.0 Å². The predicted octanol–water partition coefficient (Wildman–Crippen LogP) is 3.65. The van der Waals surface area contributed by atoms with Gasteiger partial charge in [0.1, 0.15) is 0 Å². The number of amides is 2. The van der Waals surface area contributed by atoms with Gasteiger partial charge in [-0.2, -0.15) is 0 Å². The summed E-state index contributed by atoms with van der Waals surface area (Å²) >= 11 is 1.17. The summed E-state index contributed by atoms with van der Waals surface area (Å²) in [7, 11) is 0. The molecule has 34 heavy (non-hydrogen) atoms. The average molecular weight is 481 g/mol. The van der Waals surface area contributed by atoms with Gasteiger partial charge in [-0.1, -0.05) is 41.6 Å². The number of anilines is 1. The minimum atomic E-state index is -0.513. The highest BCUT2D eigenvalue weighted by Crippen LogP contribution is 2.23. The summed E-state index contributed by atoms with van der Waals surface area (Å²) in [5, 5.41) is 25.3. The van der Waals surface area contributed by atoms with Crippen molar-refractivity contribution in [1.29, 1.82) is 0 Å². The molecule has 1 aromatic heterocycles. The average Bonchev–Trinajstić information content (AvgIpc) is 3.19. The second-order valence-corrected chi connectivity index (χ2v) is 8.38. The standard InChI is InChI=1S/C23H24N6O4S/c1-4-11-28-20(13-24-22(31)17-8-5-15(2)6-9-17)26-27-23(28)34-14-21(30)25-19-12-18(29(32)33)10-7-16(19)3/h4-10,12H,1,11,13-14H2,2-3H3,(H,24,31)(H,25,30). The van der Waals surface area contributed by atoms with E-state index in [0.29, 0.717) is 34.3 Å². The van der Waals surface area contributed by atoms with Crippen LogP contribution in [0.4, 0.5) is 11.4 Å². The van der Waals surface area contributed by atoms with Gasteiger partial charge in [-0.05, 0) is 31.5 Å². The van der Waals surface area contributed by atoms with E-state index in [1.54, 1.807) is 35.8 Å². The molecule has 0 unspecified atom stereocenters. The van der Waals surface area contributed by atoms with Crippen molar-refractivity contribution in [3.8, 4) is 0 Å². The van der Waals surface area contributed by atoms with Crippen molar-refractivity contribution in [1.82, 2.24) is 20.1 Å². The Morgan fingerprint density at radius 1 is 1.18 bits per heavy atom. The van der Waals surface area contributed by atoms with Crippen molar-refractivity contribution >= 4 is 35.0 Å². The molecule has 10 nitrogen and oxygen atoms in total. The molecule has 0 aliphatic heterocycles. The second kappa shape index (κ2) is 11.2. The van der Waals surface area contributed by atoms with Gasteiger partial charge in [-0.3, -0.25) is 19.7 Å². The highest BCUT2D eigenvalue weighted by Gasteiger charge is 2.16. The lowest BCUT2D eigenvalue weighted by molar-refractivity contribution is -0.384. The van der Waals surface area contributed by atoms with Gasteiger partial charge in [0.25, 0.3) is 11.6 Å². The summed E-state index contributed by atoms with van der Waals surface area (Å²) in [6, 6.07) is 11.5. The third-order valence-electron chi connectivity index (χ3n) is 4.86. The third-order valence-corrected chi connectivity index (χ3v) is 5.83. The minimum absolute atomic E-state index is 0.0210. The largest absolute Gasteiger partial charge is 0.345 e. The third kappa shape index (κ3) is 6.29. The first-order valence-corrected chi connectivity index (χ1v) is 11.3. The summed E-state index contributed by atoms with van der Waals surface area (Å²) < 4.78 is 1.76. The lowest BCUT2D eigenvalue weighted by Gasteiger charge is -2.10. The van der Waals surface area contributed by atoms with E-state index in [4.69, 9.17) is 0 Å². The molecule has 2 N–H and O–H groups in total. The Kier molecular flexibility index (Phi) is 8.14. The highest BCUT2D eigenvalue weighted by atomic mass is 32.2. The zero-order chi connectivity index (χ0) is 24.7. The van der Waals surface area contributed by atoms with Crippen LogP contribution >= 0.6 is 11.8 Å². The molecule has 3 aromatic rings. The van der Waals surface area contributed by atoms with Crippen LogP contribution in [0.3, 0.4) is 0 Å². The van der Waals surface area contributed by atoms with E-state index in [-0.39, 0.29) is 29.8 Å². The number of aryl methyl sites for hydroxylation is 2. The van der Waals surface area contributed by atoms with Gasteiger partial charge >= 0.3 is 0 Å². The maximum Gasteiger partial charge on any atom is 0.271 e. The Morgan fingerprint density at radius 3 is 2.59 bits per heavy atom. The van der Waals surface area contributed by atoms with Crippen molar-refractivity contribution in [3.63, 3.8) is 0 Å². The first kappa shape index (κ1) is 24.6. The smallest absolute Gasteiger partial charge is 0.271 e. The van der Waals surface area contributed by atoms with E-state index in [9.17, 15) is 19.7 Å². The Hall–Kier alpha value is -3.99. The van der Waals surface area contributed by atoms with Crippen molar-refractivity contribution in [2.75, 3.05) is 11.1 Å². The molecule has 0 radical (unpaired) electrons. The quantitative estimate of drug-likeness (QED) is 0.196. The number of hydrogen-bond acceptors (Lipinski definition) is 7. The number of aromatic nitrogens is 3. The number of hydrogen-bond donors (Lipinski definition) is 2. The molecule has 2 amide bonds. The second-order valence-electron chi connectivity index (χ2n) is 7.44. The van der Waals surface area contributed by atoms with Gasteiger partial charge in [0.2, 0.25) is 5.91 Å². The van der Waals surface area contributed by atoms with Crippen LogP contribution in [0, 0.1) is 24.0 Å². The fourth-order valence-corrected chi connectivity index (χ4v) is 3.78. The van der Waals surface area contributed by atoms with E-state index < -0.39 is 4.92 Å². The Morgan fingerprint density at radius 2 is 1.91 bits per heavy atom. The Balaban J connectivity index is 1.63. The molecule has 0 aliphatic carbocycles. The van der Waals surface area contributed by atoms with Gasteiger partial charge in [-0.15, -0.1) is 16.8 Å². The molecule has 176 valence electrons. The zero-order valence-electron chi connectivity index (χ0n) is 18.8. The van der Waals surface area contributed by atoms with Crippen LogP contribution in [0.1, 0.15) is 27.3 Å². The molecule has 1 heterocycles. The first-order chi connectivity index (χ1) is 16.3. The molecule has 2 aromatic carbocycles. The normalized spacial score (nSPS) is 10.5. The maximum absolute atomic E-state index is 12.5. The number of carbonyl (C=O) groups excluding carboxylic acids is 2. The van der Waals surface area contributed by atoms with Gasteiger partial charge in [0.05, 0.1) is 22.9 Å². The number of nitrogens with zero attached hydrogens (tertiary/aromatic N) is 4. The molecular weight excluding hydrogens is 456 g/mol. The monoisotopic (exact) mass is 480 g/mol. The van der Waals surface area contributed by atoms with Crippen LogP contribution in [-0.2, 0) is 17.9 Å². The van der Waals surface area contributed by atoms with Crippen LogP contribution < -0.4 is 10.6 Å². The van der Waals surface area contributed by atoms with Gasteiger partial charge in [-0.25, -0.2) is 0 Å². The van der Waals surface area contributed by atoms with Gasteiger partial charge < -0.3 is 15.2 Å². The van der Waals surface area contributed by atoms with Crippen molar-refractivity contribution in [3.05, 3.63) is 87.7 Å². The molecule has 0 atom stereocenters. The molecule has 0 fully saturated rings. The summed E-state index contributed by atoms with van der Waals surface area (Å²) in [5.74, 6) is -0.0181. The number of nitro benzene ring substituents is 1. The number of nitro groups is 1. The number of benzene rings is 2. The summed E-state index contributed by atoms with van der Waals surface area (Å²) in [6.07, 6.45) is 1.67. The van der Waals surface area contributed by atoms with Crippen LogP contribution in [0.2, 0.25) is 0 Å². The van der Waals surface area contributed by atoms with E-state index in [1.807, 2.05) is 19.1 Å². The predicted molar refractivity (Wildman–Crippen MR) is 130 cm³/mol. The van der Waals surface area contributed by atoms with E-state index in [2.05, 4.69) is 27.4 Å². The minimum Gasteiger partial charge on any atom is -0.345 e. The van der Waals surface area contributed by atoms with Crippen LogP contribution in [0.15, 0.2) is 60.3 Å². The number of rotatable bonds is 10. The fourth-order valence-electron chi connectivity index (χ4n) is 3.01. The lowest BCUT2D eigenvalue weighted by atomic mass is 10.1. The topological polar surface area (TPSA) is 132 Å². The Labute approximate surface area is 200 Å². The molecular formula is C23H24N6O4S. The van der Waals surface area contributed by atoms with Gasteiger partial charge in [0, 0.05) is 24.2 Å². The molecule has 3 rings (SSSR count). The Bertz CT molecular complexity index is 1220. The van der Waals surface area contributed by atoms with E-state index in [1.165, 1.54) is 23.9 Å². The first-order valence-electron chi connectivity index (χ1n) is 10.3. The SMILES string of the molecule is C=CCn1c(CNC(=O)c2ccc(C)cc2)nnc1SCC(=O)Nc1cc([N+](=O)[O-])ccc1C. The molecule has 0 bridgehead atoms. The molecule has 0 aliphatic rings. The molecule has 0 saturated carbocycles. The summed E-state index contributed by atoms with van der Waals surface area (Å²) in [4.78, 5) is 35.3. The zero-order valence-corrected chi connectivity index (χ0v) is 19.6. The number of thioether (sulfide) groups is 1. The molecule has 0 spiro atoms. The summed E-state index contributed by atoms with van der Waals surface area (Å²) in [6.45, 7) is 8.01. The van der Waals surface area contributed by atoms with Crippen LogP contribution in [-0.4, -0.2) is 37.3 Å². The maximum atomic E-state index is 12.5. The van der Waals surface area contributed by atoms with Crippen molar-refractivity contribution in [2.45, 2.75) is 32.1 Å². The van der Waals surface area contributed by atoms with E-state index >= 15 is 0 Å².